The molecule has 1 atom stereocenters. The summed E-state index contributed by atoms with van der Waals surface area (Å²) < 4.78 is 16.1. The van der Waals surface area contributed by atoms with Crippen molar-refractivity contribution in [3.8, 4) is 5.88 Å². The number of nitrogens with zero attached hydrogens (tertiary/aromatic N) is 2. The largest absolute Gasteiger partial charge is 0.481 e. The summed E-state index contributed by atoms with van der Waals surface area (Å²) in [6.07, 6.45) is 1.66. The molecule has 0 aromatic carbocycles. The van der Waals surface area contributed by atoms with Gasteiger partial charge in [-0.2, -0.15) is 4.98 Å². The molecule has 1 aliphatic heterocycles. The molecule has 0 radical (unpaired) electrons. The number of aromatic nitrogens is 2. The van der Waals surface area contributed by atoms with Gasteiger partial charge in [0.1, 0.15) is 6.10 Å². The topological polar surface area (TPSA) is 65.5 Å². The average molecular weight is 239 g/mol. The molecule has 1 aromatic heterocycles. The Labute approximate surface area is 100 Å². The molecule has 6 nitrogen and oxygen atoms in total. The van der Waals surface area contributed by atoms with Gasteiger partial charge in [0.15, 0.2) is 5.79 Å². The van der Waals surface area contributed by atoms with Crippen LogP contribution in [0, 0.1) is 0 Å². The zero-order chi connectivity index (χ0) is 12.3. The van der Waals surface area contributed by atoms with Crippen molar-refractivity contribution < 1.29 is 14.2 Å². The molecule has 0 aliphatic carbocycles. The minimum Gasteiger partial charge on any atom is -0.481 e. The first-order valence-corrected chi connectivity index (χ1v) is 5.52. The Hall–Kier alpha value is -1.40. The van der Waals surface area contributed by atoms with Crippen molar-refractivity contribution in [1.29, 1.82) is 0 Å². The van der Waals surface area contributed by atoms with Crippen molar-refractivity contribution in [3.05, 3.63) is 12.3 Å². The number of rotatable bonds is 4. The van der Waals surface area contributed by atoms with Crippen LogP contribution in [0.25, 0.3) is 0 Å². The predicted molar refractivity (Wildman–Crippen MR) is 62.0 cm³/mol. The second-order valence-corrected chi connectivity index (χ2v) is 4.25. The first-order valence-electron chi connectivity index (χ1n) is 5.52. The summed E-state index contributed by atoms with van der Waals surface area (Å²) >= 11 is 0. The normalized spacial score (nSPS) is 22.4. The molecule has 0 bridgehead atoms. The fraction of sp³-hybridized carbons (Fsp3) is 0.636. The lowest BCUT2D eigenvalue weighted by Gasteiger charge is -2.17. The van der Waals surface area contributed by atoms with E-state index in [9.17, 15) is 0 Å². The number of methoxy groups -OCH3 is 1. The summed E-state index contributed by atoms with van der Waals surface area (Å²) in [6, 6.07) is 1.70. The summed E-state index contributed by atoms with van der Waals surface area (Å²) in [6.45, 7) is 4.98. The molecule has 1 N–H and O–H groups in total. The highest BCUT2D eigenvalue weighted by Crippen LogP contribution is 2.22. The lowest BCUT2D eigenvalue weighted by Crippen LogP contribution is -2.26. The van der Waals surface area contributed by atoms with Gasteiger partial charge in [-0.3, -0.25) is 0 Å². The van der Waals surface area contributed by atoms with E-state index in [1.54, 1.807) is 19.4 Å². The van der Waals surface area contributed by atoms with Gasteiger partial charge in [-0.05, 0) is 13.8 Å². The maximum atomic E-state index is 5.66. The van der Waals surface area contributed by atoms with Crippen molar-refractivity contribution >= 4 is 5.95 Å². The Morgan fingerprint density at radius 3 is 3.06 bits per heavy atom. The highest BCUT2D eigenvalue weighted by molar-refractivity contribution is 5.27. The van der Waals surface area contributed by atoms with E-state index in [-0.39, 0.29) is 6.10 Å². The predicted octanol–water partition coefficient (Wildman–Crippen LogP) is 1.05. The van der Waals surface area contributed by atoms with E-state index in [0.717, 1.165) is 0 Å². The number of ether oxygens (including phenoxy) is 3. The van der Waals surface area contributed by atoms with Crippen LogP contribution in [0.2, 0.25) is 0 Å². The maximum Gasteiger partial charge on any atom is 0.226 e. The second-order valence-electron chi connectivity index (χ2n) is 4.25. The van der Waals surface area contributed by atoms with Crippen LogP contribution >= 0.6 is 0 Å². The molecule has 1 saturated heterocycles. The Balaban J connectivity index is 1.86. The molecular formula is C11H17N3O3. The van der Waals surface area contributed by atoms with Crippen LogP contribution in [-0.4, -0.2) is 42.1 Å². The van der Waals surface area contributed by atoms with E-state index in [0.29, 0.717) is 25.0 Å². The standard InChI is InChI=1S/C11H17N3O3/c1-11(2)16-7-8(17-11)6-13-10-12-5-4-9(14-10)15-3/h4-5,8H,6-7H2,1-3H3,(H,12,13,14). The van der Waals surface area contributed by atoms with Gasteiger partial charge in [-0.15, -0.1) is 0 Å². The third kappa shape index (κ3) is 3.28. The zero-order valence-corrected chi connectivity index (χ0v) is 10.3. The van der Waals surface area contributed by atoms with Crippen LogP contribution in [0.5, 0.6) is 5.88 Å². The molecule has 2 heterocycles. The number of hydrogen-bond acceptors (Lipinski definition) is 6. The van der Waals surface area contributed by atoms with Crippen LogP contribution in [0.4, 0.5) is 5.95 Å². The minimum atomic E-state index is -0.498. The van der Waals surface area contributed by atoms with E-state index in [4.69, 9.17) is 14.2 Å². The molecule has 1 aliphatic rings. The van der Waals surface area contributed by atoms with Crippen molar-refractivity contribution in [2.75, 3.05) is 25.6 Å². The highest BCUT2D eigenvalue weighted by Gasteiger charge is 2.32. The van der Waals surface area contributed by atoms with Crippen LogP contribution in [0.1, 0.15) is 13.8 Å². The Kier molecular flexibility index (Phi) is 3.44. The van der Waals surface area contributed by atoms with Crippen LogP contribution in [-0.2, 0) is 9.47 Å². The molecule has 1 unspecified atom stereocenters. The fourth-order valence-electron chi connectivity index (χ4n) is 1.61. The molecule has 1 fully saturated rings. The Morgan fingerprint density at radius 1 is 1.59 bits per heavy atom. The molecule has 0 saturated carbocycles. The van der Waals surface area contributed by atoms with Gasteiger partial charge < -0.3 is 19.5 Å². The summed E-state index contributed by atoms with van der Waals surface area (Å²) in [4.78, 5) is 8.23. The zero-order valence-electron chi connectivity index (χ0n) is 10.3. The van der Waals surface area contributed by atoms with E-state index in [1.165, 1.54) is 0 Å². The third-order valence-corrected chi connectivity index (χ3v) is 2.39. The summed E-state index contributed by atoms with van der Waals surface area (Å²) in [5.74, 6) is 0.561. The van der Waals surface area contributed by atoms with E-state index in [2.05, 4.69) is 15.3 Å². The van der Waals surface area contributed by atoms with E-state index in [1.807, 2.05) is 13.8 Å². The first-order chi connectivity index (χ1) is 8.09. The number of hydrogen-bond donors (Lipinski definition) is 1. The summed E-state index contributed by atoms with van der Waals surface area (Å²) in [5, 5.41) is 3.09. The smallest absolute Gasteiger partial charge is 0.226 e. The third-order valence-electron chi connectivity index (χ3n) is 2.39. The molecular weight excluding hydrogens is 222 g/mol. The lowest BCUT2D eigenvalue weighted by molar-refractivity contribution is -0.136. The van der Waals surface area contributed by atoms with Gasteiger partial charge in [-0.1, -0.05) is 0 Å². The van der Waals surface area contributed by atoms with Gasteiger partial charge in [0.05, 0.1) is 13.7 Å². The molecule has 17 heavy (non-hydrogen) atoms. The SMILES string of the molecule is COc1ccnc(NCC2COC(C)(C)O2)n1. The monoisotopic (exact) mass is 239 g/mol. The first kappa shape index (κ1) is 12.1. The molecule has 0 spiro atoms. The van der Waals surface area contributed by atoms with Gasteiger partial charge in [0, 0.05) is 18.8 Å². The summed E-state index contributed by atoms with van der Waals surface area (Å²) in [5.41, 5.74) is 0. The van der Waals surface area contributed by atoms with Gasteiger partial charge >= 0.3 is 0 Å². The lowest BCUT2D eigenvalue weighted by atomic mass is 10.4. The van der Waals surface area contributed by atoms with Gasteiger partial charge in [0.25, 0.3) is 0 Å². The number of anilines is 1. The minimum absolute atomic E-state index is 0.0137. The van der Waals surface area contributed by atoms with Crippen molar-refractivity contribution in [3.63, 3.8) is 0 Å². The van der Waals surface area contributed by atoms with Crippen LogP contribution in [0.3, 0.4) is 0 Å². The molecule has 94 valence electrons. The highest BCUT2D eigenvalue weighted by atomic mass is 16.7. The quantitative estimate of drug-likeness (QED) is 0.847. The Bertz CT molecular complexity index is 384. The molecule has 1 aromatic rings. The molecule has 0 amide bonds. The number of nitrogens with one attached hydrogen (secondary N) is 1. The maximum absolute atomic E-state index is 5.66. The van der Waals surface area contributed by atoms with Crippen LogP contribution in [0.15, 0.2) is 12.3 Å². The summed E-state index contributed by atoms with van der Waals surface area (Å²) in [7, 11) is 1.57. The van der Waals surface area contributed by atoms with Crippen LogP contribution < -0.4 is 10.1 Å². The van der Waals surface area contributed by atoms with E-state index >= 15 is 0 Å². The van der Waals surface area contributed by atoms with Crippen molar-refractivity contribution in [2.45, 2.75) is 25.7 Å². The Morgan fingerprint density at radius 2 is 2.41 bits per heavy atom. The average Bonchev–Trinajstić information content (AvgIpc) is 2.67. The van der Waals surface area contributed by atoms with Gasteiger partial charge in [-0.25, -0.2) is 4.98 Å². The van der Waals surface area contributed by atoms with Crippen molar-refractivity contribution in [1.82, 2.24) is 9.97 Å². The van der Waals surface area contributed by atoms with E-state index < -0.39 is 5.79 Å². The molecule has 6 heteroatoms. The van der Waals surface area contributed by atoms with Crippen molar-refractivity contribution in [2.24, 2.45) is 0 Å². The fourth-order valence-corrected chi connectivity index (χ4v) is 1.61. The van der Waals surface area contributed by atoms with Gasteiger partial charge in [0.2, 0.25) is 11.8 Å². The second kappa shape index (κ2) is 4.85. The molecule has 2 rings (SSSR count).